The van der Waals surface area contributed by atoms with Crippen molar-refractivity contribution < 1.29 is 9.53 Å². The summed E-state index contributed by atoms with van der Waals surface area (Å²) in [7, 11) is 1.63. The molecule has 4 rings (SSSR count). The number of hydrogen-bond donors (Lipinski definition) is 0. The Morgan fingerprint density at radius 3 is 2.76 bits per heavy atom. The van der Waals surface area contributed by atoms with Crippen LogP contribution in [0.5, 0.6) is 0 Å². The number of rotatable bonds is 3. The van der Waals surface area contributed by atoms with E-state index in [1.54, 1.807) is 30.4 Å². The van der Waals surface area contributed by atoms with Crippen LogP contribution in [0.1, 0.15) is 22.2 Å². The van der Waals surface area contributed by atoms with E-state index in [2.05, 4.69) is 4.98 Å². The van der Waals surface area contributed by atoms with Crippen molar-refractivity contribution in [2.75, 3.05) is 19.7 Å². The van der Waals surface area contributed by atoms with Crippen LogP contribution in [0.4, 0.5) is 0 Å². The van der Waals surface area contributed by atoms with Crippen LogP contribution in [0.3, 0.4) is 0 Å². The molecule has 0 aliphatic carbocycles. The molecule has 7 heteroatoms. The highest BCUT2D eigenvalue weighted by atomic mass is 35.5. The average Bonchev–Trinajstić information content (AvgIpc) is 2.75. The normalized spacial score (nSPS) is 16.6. The van der Waals surface area contributed by atoms with Crippen LogP contribution in [0.15, 0.2) is 65.7 Å². The Balaban J connectivity index is 1.50. The number of amides is 1. The summed E-state index contributed by atoms with van der Waals surface area (Å²) >= 11 is 6.07. The lowest BCUT2D eigenvalue weighted by Crippen LogP contribution is -2.42. The van der Waals surface area contributed by atoms with Crippen LogP contribution >= 0.6 is 11.6 Å². The van der Waals surface area contributed by atoms with Crippen molar-refractivity contribution in [3.63, 3.8) is 0 Å². The number of pyridine rings is 2. The third-order valence-electron chi connectivity index (χ3n) is 4.96. The highest BCUT2D eigenvalue weighted by Gasteiger charge is 2.27. The molecule has 1 aliphatic heterocycles. The van der Waals surface area contributed by atoms with E-state index in [-0.39, 0.29) is 17.6 Å². The van der Waals surface area contributed by atoms with E-state index in [9.17, 15) is 9.59 Å². The fourth-order valence-corrected chi connectivity index (χ4v) is 3.54. The van der Waals surface area contributed by atoms with E-state index in [4.69, 9.17) is 16.3 Å². The zero-order valence-corrected chi connectivity index (χ0v) is 16.7. The third-order valence-corrected chi connectivity index (χ3v) is 5.20. The Hall–Kier alpha value is -2.96. The lowest BCUT2D eigenvalue weighted by atomic mass is 10.1. The van der Waals surface area contributed by atoms with E-state index in [1.165, 1.54) is 10.6 Å². The predicted molar refractivity (Wildman–Crippen MR) is 111 cm³/mol. The maximum absolute atomic E-state index is 12.8. The summed E-state index contributed by atoms with van der Waals surface area (Å²) in [5.74, 6) is -0.121. The molecule has 0 unspecified atom stereocenters. The summed E-state index contributed by atoms with van der Waals surface area (Å²) in [5, 5.41) is 0.676. The highest BCUT2D eigenvalue weighted by Crippen LogP contribution is 2.26. The van der Waals surface area contributed by atoms with Gasteiger partial charge in [-0.2, -0.15) is 0 Å². The summed E-state index contributed by atoms with van der Waals surface area (Å²) in [5.41, 5.74) is 3.06. The van der Waals surface area contributed by atoms with Crippen LogP contribution in [-0.2, 0) is 11.8 Å². The van der Waals surface area contributed by atoms with Crippen LogP contribution < -0.4 is 5.56 Å². The molecule has 29 heavy (non-hydrogen) atoms. The number of carbonyl (C=O) groups excluding carboxylic acids is 1. The van der Waals surface area contributed by atoms with E-state index in [1.807, 2.05) is 36.4 Å². The molecule has 6 nitrogen and oxygen atoms in total. The monoisotopic (exact) mass is 409 g/mol. The second-order valence-corrected chi connectivity index (χ2v) is 7.40. The third kappa shape index (κ3) is 4.23. The van der Waals surface area contributed by atoms with Crippen LogP contribution in [0.25, 0.3) is 11.1 Å². The number of carbonyl (C=O) groups is 1. The van der Waals surface area contributed by atoms with Gasteiger partial charge in [-0.15, -0.1) is 0 Å². The van der Waals surface area contributed by atoms with Crippen molar-refractivity contribution in [2.45, 2.75) is 6.10 Å². The quantitative estimate of drug-likeness (QED) is 0.665. The van der Waals surface area contributed by atoms with Crippen LogP contribution in [-0.4, -0.2) is 40.1 Å². The molecule has 3 aromatic rings. The first kappa shape index (κ1) is 19.4. The number of nitrogens with zero attached hydrogens (tertiary/aromatic N) is 3. The van der Waals surface area contributed by atoms with E-state index >= 15 is 0 Å². The molecule has 0 bridgehead atoms. The SMILES string of the molecule is Cn1cc(C(=O)N2CCO[C@H](c3ccc(-c4cccc(Cl)c4)cn3)C2)ccc1=O. The fourth-order valence-electron chi connectivity index (χ4n) is 3.35. The summed E-state index contributed by atoms with van der Waals surface area (Å²) in [6.45, 7) is 1.34. The smallest absolute Gasteiger partial charge is 0.255 e. The molecular weight excluding hydrogens is 390 g/mol. The van der Waals surface area contributed by atoms with Gasteiger partial charge in [0.15, 0.2) is 0 Å². The van der Waals surface area contributed by atoms with Crippen molar-refractivity contribution in [2.24, 2.45) is 7.05 Å². The molecule has 2 aromatic heterocycles. The summed E-state index contributed by atoms with van der Waals surface area (Å²) in [6, 6.07) is 14.5. The van der Waals surface area contributed by atoms with Gasteiger partial charge in [0, 0.05) is 42.6 Å². The first-order valence-electron chi connectivity index (χ1n) is 9.31. The molecule has 0 spiro atoms. The Morgan fingerprint density at radius 2 is 2.03 bits per heavy atom. The Bertz CT molecular complexity index is 1090. The molecule has 0 radical (unpaired) electrons. The fraction of sp³-hybridized carbons (Fsp3) is 0.227. The van der Waals surface area contributed by atoms with Gasteiger partial charge in [0.25, 0.3) is 5.91 Å². The highest BCUT2D eigenvalue weighted by molar-refractivity contribution is 6.30. The molecule has 1 fully saturated rings. The molecule has 0 N–H and O–H groups in total. The zero-order chi connectivity index (χ0) is 20.4. The molecule has 3 heterocycles. The first-order chi connectivity index (χ1) is 14.0. The zero-order valence-electron chi connectivity index (χ0n) is 15.9. The largest absolute Gasteiger partial charge is 0.368 e. The van der Waals surface area contributed by atoms with E-state index in [0.717, 1.165) is 16.8 Å². The minimum atomic E-state index is -0.298. The number of hydrogen-bond acceptors (Lipinski definition) is 4. The van der Waals surface area contributed by atoms with Gasteiger partial charge in [-0.05, 0) is 29.8 Å². The number of halogens is 1. The first-order valence-corrected chi connectivity index (χ1v) is 9.68. The van der Waals surface area contributed by atoms with Gasteiger partial charge in [-0.25, -0.2) is 0 Å². The average molecular weight is 410 g/mol. The van der Waals surface area contributed by atoms with Crippen molar-refractivity contribution in [3.8, 4) is 11.1 Å². The van der Waals surface area contributed by atoms with Crippen molar-refractivity contribution >= 4 is 17.5 Å². The van der Waals surface area contributed by atoms with Gasteiger partial charge in [0.05, 0.1) is 24.4 Å². The maximum Gasteiger partial charge on any atom is 0.255 e. The Kier molecular flexibility index (Phi) is 5.47. The van der Waals surface area contributed by atoms with Crippen molar-refractivity contribution in [1.29, 1.82) is 0 Å². The second kappa shape index (κ2) is 8.19. The lowest BCUT2D eigenvalue weighted by Gasteiger charge is -2.32. The summed E-state index contributed by atoms with van der Waals surface area (Å²) in [6.07, 6.45) is 3.05. The molecular formula is C22H20ClN3O3. The van der Waals surface area contributed by atoms with Gasteiger partial charge in [-0.3, -0.25) is 14.6 Å². The number of benzene rings is 1. The molecule has 148 valence electrons. The van der Waals surface area contributed by atoms with Gasteiger partial charge in [-0.1, -0.05) is 29.8 Å². The van der Waals surface area contributed by atoms with E-state index in [0.29, 0.717) is 30.3 Å². The van der Waals surface area contributed by atoms with E-state index < -0.39 is 0 Å². The molecule has 1 atom stereocenters. The minimum absolute atomic E-state index is 0.121. The summed E-state index contributed by atoms with van der Waals surface area (Å²) in [4.78, 5) is 30.7. The van der Waals surface area contributed by atoms with Gasteiger partial charge in [0.2, 0.25) is 5.56 Å². The predicted octanol–water partition coefficient (Wildman–Crippen LogP) is 3.31. The molecule has 1 aliphatic rings. The minimum Gasteiger partial charge on any atom is -0.368 e. The van der Waals surface area contributed by atoms with Crippen LogP contribution in [0.2, 0.25) is 5.02 Å². The summed E-state index contributed by atoms with van der Waals surface area (Å²) < 4.78 is 7.26. The molecule has 1 amide bonds. The van der Waals surface area contributed by atoms with Crippen molar-refractivity contribution in [1.82, 2.24) is 14.5 Å². The number of morpholine rings is 1. The molecule has 1 saturated heterocycles. The Morgan fingerprint density at radius 1 is 1.17 bits per heavy atom. The topological polar surface area (TPSA) is 64.4 Å². The van der Waals surface area contributed by atoms with Gasteiger partial charge in [0.1, 0.15) is 6.10 Å². The molecule has 1 aromatic carbocycles. The van der Waals surface area contributed by atoms with Gasteiger partial charge >= 0.3 is 0 Å². The van der Waals surface area contributed by atoms with Crippen LogP contribution in [0, 0.1) is 0 Å². The number of aryl methyl sites for hydroxylation is 1. The standard InChI is InChI=1S/C22H20ClN3O3/c1-25-13-17(6-8-21(25)27)22(28)26-9-10-29-20(14-26)19-7-5-16(12-24-19)15-3-2-4-18(23)11-15/h2-8,11-13,20H,9-10,14H2,1H3/t20-/m0/s1. The van der Waals surface area contributed by atoms with Gasteiger partial charge < -0.3 is 14.2 Å². The van der Waals surface area contributed by atoms with Crippen molar-refractivity contribution in [3.05, 3.63) is 87.6 Å². The number of ether oxygens (including phenoxy) is 1. The molecule has 0 saturated carbocycles. The lowest BCUT2D eigenvalue weighted by molar-refractivity contribution is -0.0247. The maximum atomic E-state index is 12.8. The Labute approximate surface area is 173 Å². The second-order valence-electron chi connectivity index (χ2n) is 6.96. The number of aromatic nitrogens is 2.